The van der Waals surface area contributed by atoms with E-state index in [1.165, 1.54) is 17.2 Å². The quantitative estimate of drug-likeness (QED) is 0.586. The largest absolute Gasteiger partial charge is 0.394 e. The maximum absolute atomic E-state index is 10.4. The second-order valence-electron chi connectivity index (χ2n) is 5.53. The van der Waals surface area contributed by atoms with E-state index in [1.54, 1.807) is 4.90 Å². The van der Waals surface area contributed by atoms with Crippen molar-refractivity contribution in [3.63, 3.8) is 0 Å². The fourth-order valence-corrected chi connectivity index (χ4v) is 2.69. The van der Waals surface area contributed by atoms with E-state index in [0.717, 1.165) is 0 Å². The Bertz CT molecular complexity index is 770. The van der Waals surface area contributed by atoms with Crippen molar-refractivity contribution in [3.8, 4) is 12.3 Å². The van der Waals surface area contributed by atoms with Crippen LogP contribution >= 0.6 is 0 Å². The van der Waals surface area contributed by atoms with E-state index in [-0.39, 0.29) is 0 Å². The number of hydrogen-bond acceptors (Lipinski definition) is 8. The first-order valence-electron chi connectivity index (χ1n) is 6.93. The minimum Gasteiger partial charge on any atom is -0.394 e. The Kier molecular flexibility index (Phi) is 3.69. The Labute approximate surface area is 132 Å². The van der Waals surface area contributed by atoms with Crippen molar-refractivity contribution in [2.24, 2.45) is 0 Å². The summed E-state index contributed by atoms with van der Waals surface area (Å²) < 4.78 is 7.00. The molecule has 1 saturated heterocycles. The second-order valence-corrected chi connectivity index (χ2v) is 5.53. The number of aliphatic hydroxyl groups is 3. The smallest absolute Gasteiger partial charge is 0.183 e. The van der Waals surface area contributed by atoms with Gasteiger partial charge in [-0.2, -0.15) is 0 Å². The Balaban J connectivity index is 2.09. The molecular formula is C14H17N5O4. The molecule has 9 nitrogen and oxygen atoms in total. The molecule has 9 heteroatoms. The van der Waals surface area contributed by atoms with Crippen LogP contribution in [0.4, 0.5) is 5.82 Å². The summed E-state index contributed by atoms with van der Waals surface area (Å²) in [6.45, 7) is -0.529. The van der Waals surface area contributed by atoms with Gasteiger partial charge in [0.1, 0.15) is 18.5 Å². The molecule has 0 aromatic carbocycles. The van der Waals surface area contributed by atoms with Gasteiger partial charge in [0.15, 0.2) is 28.8 Å². The fraction of sp³-hybridized carbons (Fsp3) is 0.500. The first kappa shape index (κ1) is 15.6. The Morgan fingerprint density at radius 1 is 1.43 bits per heavy atom. The number of imidazole rings is 1. The third-order valence-electron chi connectivity index (χ3n) is 3.95. The molecule has 3 rings (SSSR count). The van der Waals surface area contributed by atoms with Crippen molar-refractivity contribution >= 4 is 17.0 Å². The maximum Gasteiger partial charge on any atom is 0.183 e. The Hall–Kier alpha value is -2.25. The number of aromatic nitrogens is 4. The molecule has 3 N–H and O–H groups in total. The van der Waals surface area contributed by atoms with Gasteiger partial charge in [-0.1, -0.05) is 5.92 Å². The highest BCUT2D eigenvalue weighted by atomic mass is 16.6. The van der Waals surface area contributed by atoms with E-state index in [0.29, 0.717) is 17.0 Å². The van der Waals surface area contributed by atoms with Gasteiger partial charge < -0.3 is 25.0 Å². The monoisotopic (exact) mass is 319 g/mol. The van der Waals surface area contributed by atoms with E-state index >= 15 is 0 Å². The molecule has 0 spiro atoms. The van der Waals surface area contributed by atoms with Crippen LogP contribution in [0.3, 0.4) is 0 Å². The molecule has 3 heterocycles. The van der Waals surface area contributed by atoms with Crippen LogP contribution in [0.15, 0.2) is 12.7 Å². The van der Waals surface area contributed by atoms with Gasteiger partial charge >= 0.3 is 0 Å². The van der Waals surface area contributed by atoms with Crippen molar-refractivity contribution in [1.82, 2.24) is 19.5 Å². The van der Waals surface area contributed by atoms with Gasteiger partial charge in [0.25, 0.3) is 0 Å². The van der Waals surface area contributed by atoms with Crippen molar-refractivity contribution in [1.29, 1.82) is 0 Å². The van der Waals surface area contributed by atoms with Crippen molar-refractivity contribution in [3.05, 3.63) is 12.7 Å². The van der Waals surface area contributed by atoms with E-state index in [1.807, 2.05) is 14.1 Å². The van der Waals surface area contributed by atoms with Gasteiger partial charge in [-0.05, 0) is 0 Å². The zero-order chi connectivity index (χ0) is 16.8. The highest BCUT2D eigenvalue weighted by molar-refractivity contribution is 5.83. The zero-order valence-electron chi connectivity index (χ0n) is 12.7. The van der Waals surface area contributed by atoms with Crippen LogP contribution in [0.2, 0.25) is 0 Å². The number of rotatable bonds is 3. The number of terminal acetylenes is 1. The van der Waals surface area contributed by atoms with Crippen LogP contribution in [0.1, 0.15) is 6.23 Å². The summed E-state index contributed by atoms with van der Waals surface area (Å²) in [4.78, 5) is 14.4. The molecule has 2 aromatic rings. The summed E-state index contributed by atoms with van der Waals surface area (Å²) in [7, 11) is 3.64. The number of aliphatic hydroxyl groups excluding tert-OH is 2. The van der Waals surface area contributed by atoms with Gasteiger partial charge in [-0.3, -0.25) is 4.57 Å². The predicted molar refractivity (Wildman–Crippen MR) is 80.4 cm³/mol. The molecule has 0 bridgehead atoms. The third-order valence-corrected chi connectivity index (χ3v) is 3.95. The average molecular weight is 319 g/mol. The van der Waals surface area contributed by atoms with Crippen molar-refractivity contribution in [2.75, 3.05) is 25.6 Å². The minimum atomic E-state index is -1.99. The molecule has 0 saturated carbocycles. The summed E-state index contributed by atoms with van der Waals surface area (Å²) >= 11 is 0. The normalized spacial score (nSPS) is 30.5. The molecule has 1 aliphatic heterocycles. The third kappa shape index (κ3) is 2.15. The highest BCUT2D eigenvalue weighted by Gasteiger charge is 2.55. The number of ether oxygens (including phenoxy) is 1. The number of hydrogen-bond donors (Lipinski definition) is 3. The lowest BCUT2D eigenvalue weighted by molar-refractivity contribution is -0.0605. The van der Waals surface area contributed by atoms with Gasteiger partial charge in [0, 0.05) is 14.1 Å². The molecule has 1 aliphatic rings. The molecule has 23 heavy (non-hydrogen) atoms. The average Bonchev–Trinajstić information content (AvgIpc) is 3.07. The topological polar surface area (TPSA) is 117 Å². The molecule has 0 aliphatic carbocycles. The zero-order valence-corrected chi connectivity index (χ0v) is 12.7. The Morgan fingerprint density at radius 3 is 2.74 bits per heavy atom. The van der Waals surface area contributed by atoms with E-state index in [4.69, 9.17) is 11.2 Å². The molecule has 0 radical (unpaired) electrons. The maximum atomic E-state index is 10.4. The lowest BCUT2D eigenvalue weighted by atomic mass is 9.93. The van der Waals surface area contributed by atoms with Crippen LogP contribution in [-0.2, 0) is 4.74 Å². The Morgan fingerprint density at radius 2 is 2.17 bits per heavy atom. The van der Waals surface area contributed by atoms with Crippen LogP contribution in [0, 0.1) is 12.3 Å². The van der Waals surface area contributed by atoms with E-state index < -0.39 is 30.6 Å². The first-order chi connectivity index (χ1) is 10.9. The van der Waals surface area contributed by atoms with Gasteiger partial charge in [0.2, 0.25) is 0 Å². The molecule has 2 aromatic heterocycles. The molecule has 4 atom stereocenters. The molecule has 122 valence electrons. The summed E-state index contributed by atoms with van der Waals surface area (Å²) in [5, 5.41) is 30.1. The first-order valence-corrected chi connectivity index (χ1v) is 6.93. The van der Waals surface area contributed by atoms with Gasteiger partial charge in [-0.25, -0.2) is 15.0 Å². The van der Waals surface area contributed by atoms with E-state index in [2.05, 4.69) is 20.9 Å². The lowest BCUT2D eigenvalue weighted by Gasteiger charge is -2.23. The van der Waals surface area contributed by atoms with Crippen molar-refractivity contribution in [2.45, 2.75) is 24.0 Å². The fourth-order valence-electron chi connectivity index (χ4n) is 2.69. The van der Waals surface area contributed by atoms with Gasteiger partial charge in [0.05, 0.1) is 12.9 Å². The van der Waals surface area contributed by atoms with Crippen LogP contribution < -0.4 is 4.90 Å². The molecule has 1 fully saturated rings. The number of nitrogens with zero attached hydrogens (tertiary/aromatic N) is 5. The molecule has 1 unspecified atom stereocenters. The standard InChI is InChI=1S/C14H17N5O4/c1-4-14(22)8(5-20)23-13(10(14)21)19-7-17-9-11(18(2)3)15-6-16-12(9)19/h1,6-8,10,13,20-22H,5H2,2-3H3/t8-,10-,13-,14?/m1/s1. The summed E-state index contributed by atoms with van der Waals surface area (Å²) in [6.07, 6.45) is 4.52. The van der Waals surface area contributed by atoms with Gasteiger partial charge in [-0.15, -0.1) is 6.42 Å². The lowest BCUT2D eigenvalue weighted by Crippen LogP contribution is -2.47. The highest BCUT2D eigenvalue weighted by Crippen LogP contribution is 2.38. The summed E-state index contributed by atoms with van der Waals surface area (Å²) in [6, 6.07) is 0. The van der Waals surface area contributed by atoms with Crippen LogP contribution in [0.25, 0.3) is 11.2 Å². The summed E-state index contributed by atoms with van der Waals surface area (Å²) in [5.41, 5.74) is -1.05. The minimum absolute atomic E-state index is 0.422. The second kappa shape index (κ2) is 5.43. The molecular weight excluding hydrogens is 302 g/mol. The van der Waals surface area contributed by atoms with Crippen molar-refractivity contribution < 1.29 is 20.1 Å². The SMILES string of the molecule is C#CC1(O)[C@H](O)[C@H](n2cnc3c(N(C)C)ncnc32)O[C@@H]1CO. The predicted octanol–water partition coefficient (Wildman–Crippen LogP) is -1.49. The van der Waals surface area contributed by atoms with E-state index in [9.17, 15) is 15.3 Å². The number of anilines is 1. The number of fused-ring (bicyclic) bond motifs is 1. The van der Waals surface area contributed by atoms with Crippen LogP contribution in [-0.4, -0.2) is 73.3 Å². The summed E-state index contributed by atoms with van der Waals surface area (Å²) in [5.74, 6) is 2.71. The van der Waals surface area contributed by atoms with Crippen LogP contribution in [0.5, 0.6) is 0 Å². The molecule has 0 amide bonds.